The molecule has 10 heteroatoms. The van der Waals surface area contributed by atoms with Gasteiger partial charge in [0, 0.05) is 36.6 Å². The molecular formula is C25H25FN4O5. The highest BCUT2D eigenvalue weighted by Crippen LogP contribution is 2.35. The smallest absolute Gasteiger partial charge is 0.251 e. The molecule has 2 amide bonds. The number of benzene rings is 2. The Kier molecular flexibility index (Phi) is 7.23. The molecule has 0 aliphatic carbocycles. The van der Waals surface area contributed by atoms with E-state index in [1.807, 2.05) is 0 Å². The summed E-state index contributed by atoms with van der Waals surface area (Å²) in [5, 5.41) is 29.7. The zero-order valence-electron chi connectivity index (χ0n) is 18.9. The van der Waals surface area contributed by atoms with Crippen LogP contribution >= 0.6 is 0 Å². The number of phenolic OH excluding ortho intramolecular Hbond substituents is 1. The third kappa shape index (κ3) is 5.23. The van der Waals surface area contributed by atoms with Crippen molar-refractivity contribution in [3.63, 3.8) is 0 Å². The average molecular weight is 480 g/mol. The maximum Gasteiger partial charge on any atom is 0.251 e. The molecule has 2 heterocycles. The molecule has 3 aromatic rings. The van der Waals surface area contributed by atoms with Gasteiger partial charge in [0.25, 0.3) is 11.8 Å². The monoisotopic (exact) mass is 480 g/mol. The van der Waals surface area contributed by atoms with Gasteiger partial charge < -0.3 is 30.9 Å². The second-order valence-electron chi connectivity index (χ2n) is 8.09. The third-order valence-corrected chi connectivity index (χ3v) is 5.89. The predicted molar refractivity (Wildman–Crippen MR) is 125 cm³/mol. The van der Waals surface area contributed by atoms with Gasteiger partial charge in [0.2, 0.25) is 0 Å². The van der Waals surface area contributed by atoms with Crippen molar-refractivity contribution in [2.45, 2.75) is 18.2 Å². The summed E-state index contributed by atoms with van der Waals surface area (Å²) < 4.78 is 19.5. The van der Waals surface area contributed by atoms with Crippen molar-refractivity contribution in [3.8, 4) is 11.5 Å². The van der Waals surface area contributed by atoms with Gasteiger partial charge in [-0.3, -0.25) is 14.6 Å². The summed E-state index contributed by atoms with van der Waals surface area (Å²) in [4.78, 5) is 29.2. The van der Waals surface area contributed by atoms with Crippen molar-refractivity contribution in [3.05, 3.63) is 89.0 Å². The summed E-state index contributed by atoms with van der Waals surface area (Å²) in [6.07, 6.45) is 1.60. The third-order valence-electron chi connectivity index (χ3n) is 5.89. The van der Waals surface area contributed by atoms with Gasteiger partial charge >= 0.3 is 0 Å². The van der Waals surface area contributed by atoms with Crippen molar-refractivity contribution < 1.29 is 28.9 Å². The lowest BCUT2D eigenvalue weighted by Crippen LogP contribution is -2.51. The van der Waals surface area contributed by atoms with Crippen LogP contribution in [-0.2, 0) is 0 Å². The normalized spacial score (nSPS) is 18.0. The number of hydrogen-bond donors (Lipinski definition) is 5. The van der Waals surface area contributed by atoms with Crippen LogP contribution in [0.15, 0.2) is 60.9 Å². The highest BCUT2D eigenvalue weighted by Gasteiger charge is 2.30. The number of hydrogen-bond acceptors (Lipinski definition) is 7. The van der Waals surface area contributed by atoms with E-state index in [2.05, 4.69) is 20.9 Å². The average Bonchev–Trinajstić information content (AvgIpc) is 3.30. The largest absolute Gasteiger partial charge is 0.507 e. The lowest BCUT2D eigenvalue weighted by molar-refractivity contribution is 0.0896. The number of methoxy groups -OCH3 is 1. The summed E-state index contributed by atoms with van der Waals surface area (Å²) >= 11 is 0. The van der Waals surface area contributed by atoms with Gasteiger partial charge in [-0.1, -0.05) is 12.1 Å². The summed E-state index contributed by atoms with van der Waals surface area (Å²) in [6, 6.07) is 11.0. The number of carbonyl (C=O) groups is 2. The fourth-order valence-corrected chi connectivity index (χ4v) is 3.95. The highest BCUT2D eigenvalue weighted by atomic mass is 19.1. The van der Waals surface area contributed by atoms with E-state index >= 15 is 0 Å². The molecule has 2 aromatic carbocycles. The predicted octanol–water partition coefficient (Wildman–Crippen LogP) is 1.52. The molecule has 182 valence electrons. The number of pyridine rings is 1. The van der Waals surface area contributed by atoms with Crippen LogP contribution in [-0.4, -0.2) is 59.3 Å². The minimum atomic E-state index is -1.46. The van der Waals surface area contributed by atoms with Crippen LogP contribution in [0.4, 0.5) is 4.39 Å². The van der Waals surface area contributed by atoms with Gasteiger partial charge in [-0.05, 0) is 42.0 Å². The Balaban J connectivity index is 1.42. The van der Waals surface area contributed by atoms with Crippen molar-refractivity contribution in [1.29, 1.82) is 0 Å². The standard InChI is InChI=1S/C25H25FN4O5/c1-35-20-7-6-19(31)21(22(20)26)23(32)14-2-4-15(5-3-14)24(33)29-17-12-28-13-18(17)30-25(34)16-8-10-27-11-9-16/h2-11,17-18,23,28,31-32H,12-13H2,1H3,(H,29,33)(H,30,34)/t17-,18?,23?/m1/s1. The Bertz CT molecular complexity index is 1210. The van der Waals surface area contributed by atoms with E-state index in [9.17, 15) is 24.2 Å². The summed E-state index contributed by atoms with van der Waals surface area (Å²) in [7, 11) is 1.29. The first-order valence-electron chi connectivity index (χ1n) is 10.9. The molecule has 0 saturated carbocycles. The van der Waals surface area contributed by atoms with Crippen molar-refractivity contribution in [2.24, 2.45) is 0 Å². The highest BCUT2D eigenvalue weighted by molar-refractivity contribution is 5.95. The first-order chi connectivity index (χ1) is 16.9. The van der Waals surface area contributed by atoms with E-state index < -0.39 is 17.7 Å². The molecule has 4 rings (SSSR count). The number of halogens is 1. The molecular weight excluding hydrogens is 455 g/mol. The summed E-state index contributed by atoms with van der Waals surface area (Å²) in [5.41, 5.74) is 0.771. The Labute approximate surface area is 201 Å². The second-order valence-corrected chi connectivity index (χ2v) is 8.09. The van der Waals surface area contributed by atoms with Crippen LogP contribution in [0.2, 0.25) is 0 Å². The fraction of sp³-hybridized carbons (Fsp3) is 0.240. The topological polar surface area (TPSA) is 133 Å². The number of ether oxygens (including phenoxy) is 1. The van der Waals surface area contributed by atoms with Crippen LogP contribution in [0.3, 0.4) is 0 Å². The van der Waals surface area contributed by atoms with Crippen LogP contribution in [0.5, 0.6) is 11.5 Å². The maximum atomic E-state index is 14.6. The number of nitrogens with zero attached hydrogens (tertiary/aromatic N) is 1. The number of rotatable bonds is 7. The molecule has 2 unspecified atom stereocenters. The lowest BCUT2D eigenvalue weighted by atomic mass is 9.98. The number of aromatic hydroxyl groups is 1. The Morgan fingerprint density at radius 2 is 1.57 bits per heavy atom. The van der Waals surface area contributed by atoms with E-state index in [1.165, 1.54) is 55.9 Å². The number of phenols is 1. The molecule has 0 radical (unpaired) electrons. The summed E-state index contributed by atoms with van der Waals surface area (Å²) in [6.45, 7) is 0.987. The molecule has 1 fully saturated rings. The molecule has 5 N–H and O–H groups in total. The van der Waals surface area contributed by atoms with E-state index in [1.54, 1.807) is 12.1 Å². The Morgan fingerprint density at radius 1 is 1.00 bits per heavy atom. The fourth-order valence-electron chi connectivity index (χ4n) is 3.95. The van der Waals surface area contributed by atoms with E-state index in [0.717, 1.165) is 0 Å². The molecule has 1 aromatic heterocycles. The molecule has 9 nitrogen and oxygen atoms in total. The van der Waals surface area contributed by atoms with Crippen LogP contribution in [0.25, 0.3) is 0 Å². The molecule has 0 bridgehead atoms. The number of aliphatic hydroxyl groups excluding tert-OH is 1. The van der Waals surface area contributed by atoms with Gasteiger partial charge in [0.1, 0.15) is 11.9 Å². The van der Waals surface area contributed by atoms with E-state index in [4.69, 9.17) is 4.74 Å². The van der Waals surface area contributed by atoms with Gasteiger partial charge in [0.05, 0.1) is 24.8 Å². The zero-order chi connectivity index (χ0) is 24.9. The van der Waals surface area contributed by atoms with E-state index in [-0.39, 0.29) is 40.8 Å². The first kappa shape index (κ1) is 24.1. The second kappa shape index (κ2) is 10.5. The maximum absolute atomic E-state index is 14.6. The quantitative estimate of drug-likeness (QED) is 0.346. The van der Waals surface area contributed by atoms with Gasteiger partial charge in [0.15, 0.2) is 11.6 Å². The van der Waals surface area contributed by atoms with Crippen LogP contribution in [0.1, 0.15) is 37.9 Å². The van der Waals surface area contributed by atoms with Crippen LogP contribution in [0, 0.1) is 5.82 Å². The van der Waals surface area contributed by atoms with Crippen molar-refractivity contribution in [1.82, 2.24) is 20.9 Å². The SMILES string of the molecule is COc1ccc(O)c(C(O)c2ccc(C(=O)N[C@@H]3CNCC3NC(=O)c3ccncc3)cc2)c1F. The number of amides is 2. The Morgan fingerprint density at radius 3 is 2.14 bits per heavy atom. The molecule has 1 saturated heterocycles. The molecule has 0 spiro atoms. The zero-order valence-corrected chi connectivity index (χ0v) is 18.9. The van der Waals surface area contributed by atoms with Gasteiger partial charge in [-0.15, -0.1) is 0 Å². The van der Waals surface area contributed by atoms with Crippen LogP contribution < -0.4 is 20.7 Å². The van der Waals surface area contributed by atoms with Crippen molar-refractivity contribution in [2.75, 3.05) is 20.2 Å². The lowest BCUT2D eigenvalue weighted by Gasteiger charge is -2.21. The number of nitrogens with one attached hydrogen (secondary N) is 3. The molecule has 3 atom stereocenters. The number of aliphatic hydroxyl groups is 1. The van der Waals surface area contributed by atoms with Crippen molar-refractivity contribution >= 4 is 11.8 Å². The molecule has 1 aliphatic heterocycles. The minimum Gasteiger partial charge on any atom is -0.507 e. The molecule has 35 heavy (non-hydrogen) atoms. The van der Waals surface area contributed by atoms with Gasteiger partial charge in [-0.2, -0.15) is 0 Å². The first-order valence-corrected chi connectivity index (χ1v) is 10.9. The summed E-state index contributed by atoms with van der Waals surface area (Å²) in [5.74, 6) is -2.00. The van der Waals surface area contributed by atoms with E-state index in [0.29, 0.717) is 24.2 Å². The number of aromatic nitrogens is 1. The number of carbonyl (C=O) groups excluding carboxylic acids is 2. The Hall–Kier alpha value is -4.02. The minimum absolute atomic E-state index is 0.108. The molecule has 1 aliphatic rings. The van der Waals surface area contributed by atoms with Gasteiger partial charge in [-0.25, -0.2) is 4.39 Å².